The first-order valence-electron chi connectivity index (χ1n) is 8.89. The summed E-state index contributed by atoms with van der Waals surface area (Å²) in [4.78, 5) is 41.1. The number of rotatable bonds is 4. The van der Waals surface area contributed by atoms with E-state index in [1.54, 1.807) is 36.4 Å². The van der Waals surface area contributed by atoms with Crippen LogP contribution in [-0.2, 0) is 0 Å². The van der Waals surface area contributed by atoms with Gasteiger partial charge in [0, 0.05) is 28.5 Å². The molecule has 0 saturated heterocycles. The van der Waals surface area contributed by atoms with Crippen molar-refractivity contribution in [3.63, 3.8) is 0 Å². The first-order valence-corrected chi connectivity index (χ1v) is 9.64. The molecule has 0 radical (unpaired) electrons. The lowest BCUT2D eigenvalue weighted by Crippen LogP contribution is -2.17. The van der Waals surface area contributed by atoms with Gasteiger partial charge >= 0.3 is 0 Å². The molecule has 4 rings (SSSR count). The largest absolute Gasteiger partial charge is 0.350 e. The molecule has 4 aromatic rings. The van der Waals surface area contributed by atoms with Crippen molar-refractivity contribution in [3.05, 3.63) is 92.2 Å². The van der Waals surface area contributed by atoms with Crippen LogP contribution in [0.1, 0.15) is 20.8 Å². The van der Waals surface area contributed by atoms with Crippen LogP contribution in [0.4, 0.5) is 15.8 Å². The molecule has 2 amide bonds. The third-order valence-electron chi connectivity index (χ3n) is 4.40. The maximum atomic E-state index is 13.4. The lowest BCUT2D eigenvalue weighted by Gasteiger charge is -2.08. The van der Waals surface area contributed by atoms with Gasteiger partial charge in [-0.3, -0.25) is 14.4 Å². The summed E-state index contributed by atoms with van der Waals surface area (Å²) in [6, 6.07) is 12.2. The number of anilines is 2. The van der Waals surface area contributed by atoms with Crippen molar-refractivity contribution in [1.29, 1.82) is 0 Å². The van der Waals surface area contributed by atoms with Gasteiger partial charge in [0.1, 0.15) is 5.69 Å². The standard InChI is InChI=1S/C21H13Cl2FN4O3/c22-14-4-10-6-18(28-17(10)8-15(14)23)21(31)27-13-3-1-2-12(7-13)26-19(29)11-5-16(24)20(30)25-9-11/h1-9,28H,(H,25,30)(H,26,29)(H,27,31). The Bertz CT molecular complexity index is 1360. The van der Waals surface area contributed by atoms with Crippen molar-refractivity contribution in [2.75, 3.05) is 10.6 Å². The Hall–Kier alpha value is -3.62. The zero-order valence-corrected chi connectivity index (χ0v) is 17.1. The molecule has 0 fully saturated rings. The molecule has 7 nitrogen and oxygen atoms in total. The first kappa shape index (κ1) is 20.6. The van der Waals surface area contributed by atoms with Crippen molar-refractivity contribution in [2.45, 2.75) is 0 Å². The van der Waals surface area contributed by atoms with Crippen molar-refractivity contribution in [2.24, 2.45) is 0 Å². The van der Waals surface area contributed by atoms with E-state index in [4.69, 9.17) is 23.2 Å². The highest BCUT2D eigenvalue weighted by Crippen LogP contribution is 2.28. The number of H-pyrrole nitrogens is 2. The number of pyridine rings is 1. The fourth-order valence-corrected chi connectivity index (χ4v) is 3.25. The molecule has 2 aromatic carbocycles. The molecule has 0 saturated carbocycles. The molecule has 31 heavy (non-hydrogen) atoms. The summed E-state index contributed by atoms with van der Waals surface area (Å²) >= 11 is 12.0. The summed E-state index contributed by atoms with van der Waals surface area (Å²) in [6.07, 6.45) is 1.11. The minimum Gasteiger partial charge on any atom is -0.350 e. The minimum atomic E-state index is -1.06. The number of halogens is 3. The van der Waals surface area contributed by atoms with Gasteiger partial charge in [0.05, 0.1) is 15.6 Å². The highest BCUT2D eigenvalue weighted by molar-refractivity contribution is 6.42. The molecular weight excluding hydrogens is 446 g/mol. The van der Waals surface area contributed by atoms with Gasteiger partial charge in [0.25, 0.3) is 17.4 Å². The highest BCUT2D eigenvalue weighted by atomic mass is 35.5. The quantitative estimate of drug-likeness (QED) is 0.352. The maximum absolute atomic E-state index is 13.4. The molecule has 4 N–H and O–H groups in total. The van der Waals surface area contributed by atoms with Crippen LogP contribution in [-0.4, -0.2) is 21.8 Å². The Morgan fingerprint density at radius 2 is 1.58 bits per heavy atom. The Morgan fingerprint density at radius 3 is 2.29 bits per heavy atom. The molecule has 0 aliphatic carbocycles. The van der Waals surface area contributed by atoms with Gasteiger partial charge < -0.3 is 20.6 Å². The SMILES string of the molecule is O=C(Nc1cccc(NC(=O)c2cc3cc(Cl)c(Cl)cc3[nH]2)c1)c1c[nH]c(=O)c(F)c1. The summed E-state index contributed by atoms with van der Waals surface area (Å²) in [7, 11) is 0. The molecule has 0 aliphatic heterocycles. The normalized spacial score (nSPS) is 10.8. The van der Waals surface area contributed by atoms with Gasteiger partial charge in [-0.1, -0.05) is 29.3 Å². The van der Waals surface area contributed by atoms with Gasteiger partial charge in [-0.25, -0.2) is 4.39 Å². The van der Waals surface area contributed by atoms with Crippen molar-refractivity contribution >= 4 is 57.3 Å². The highest BCUT2D eigenvalue weighted by Gasteiger charge is 2.13. The van der Waals surface area contributed by atoms with Crippen molar-refractivity contribution < 1.29 is 14.0 Å². The van der Waals surface area contributed by atoms with E-state index in [-0.39, 0.29) is 5.56 Å². The van der Waals surface area contributed by atoms with Crippen LogP contribution < -0.4 is 16.2 Å². The maximum Gasteiger partial charge on any atom is 0.283 e. The lowest BCUT2D eigenvalue weighted by atomic mass is 10.2. The van der Waals surface area contributed by atoms with Crippen LogP contribution in [0.15, 0.2) is 59.5 Å². The molecule has 0 spiro atoms. The van der Waals surface area contributed by atoms with Gasteiger partial charge in [-0.2, -0.15) is 0 Å². The fraction of sp³-hybridized carbons (Fsp3) is 0. The fourth-order valence-electron chi connectivity index (χ4n) is 2.91. The molecule has 0 aliphatic rings. The number of amides is 2. The van der Waals surface area contributed by atoms with Crippen LogP contribution >= 0.6 is 23.2 Å². The Balaban J connectivity index is 1.50. The number of carbonyl (C=O) groups is 2. The predicted octanol–water partition coefficient (Wildman–Crippen LogP) is 4.81. The van der Waals surface area contributed by atoms with Crippen molar-refractivity contribution in [3.8, 4) is 0 Å². The van der Waals surface area contributed by atoms with Gasteiger partial charge in [0.15, 0.2) is 5.82 Å². The average molecular weight is 459 g/mol. The number of aromatic amines is 2. The lowest BCUT2D eigenvalue weighted by molar-refractivity contribution is 0.101. The van der Waals surface area contributed by atoms with Crippen LogP contribution in [0, 0.1) is 5.82 Å². The van der Waals surface area contributed by atoms with E-state index >= 15 is 0 Å². The van der Waals surface area contributed by atoms with Crippen LogP contribution in [0.5, 0.6) is 0 Å². The zero-order valence-electron chi connectivity index (χ0n) is 15.6. The summed E-state index contributed by atoms with van der Waals surface area (Å²) in [5, 5.41) is 6.78. The number of nitrogens with one attached hydrogen (secondary N) is 4. The number of benzene rings is 2. The summed E-state index contributed by atoms with van der Waals surface area (Å²) in [6.45, 7) is 0. The zero-order chi connectivity index (χ0) is 22.1. The third-order valence-corrected chi connectivity index (χ3v) is 5.13. The number of aromatic nitrogens is 2. The second-order valence-corrected chi connectivity index (χ2v) is 7.41. The monoisotopic (exact) mass is 458 g/mol. The van der Waals surface area contributed by atoms with E-state index in [0.29, 0.717) is 32.6 Å². The molecule has 0 bridgehead atoms. The average Bonchev–Trinajstić information content (AvgIpc) is 3.13. The first-order chi connectivity index (χ1) is 14.8. The Kier molecular flexibility index (Phi) is 5.50. The Labute approximate surface area is 184 Å². The second kappa shape index (κ2) is 8.25. The van der Waals surface area contributed by atoms with Gasteiger partial charge in [-0.15, -0.1) is 0 Å². The van der Waals surface area contributed by atoms with E-state index in [1.165, 1.54) is 6.07 Å². The van der Waals surface area contributed by atoms with E-state index in [2.05, 4.69) is 20.6 Å². The van der Waals surface area contributed by atoms with Crippen LogP contribution in [0.3, 0.4) is 0 Å². The summed E-state index contributed by atoms with van der Waals surface area (Å²) in [5.41, 5.74) is 0.777. The summed E-state index contributed by atoms with van der Waals surface area (Å²) < 4.78 is 13.4. The van der Waals surface area contributed by atoms with Gasteiger partial charge in [-0.05, 0) is 42.5 Å². The number of hydrogen-bond acceptors (Lipinski definition) is 3. The molecular formula is C21H13Cl2FN4O3. The van der Waals surface area contributed by atoms with Gasteiger partial charge in [0.2, 0.25) is 0 Å². The molecule has 0 atom stereocenters. The third kappa shape index (κ3) is 4.45. The molecule has 10 heteroatoms. The van der Waals surface area contributed by atoms with E-state index in [9.17, 15) is 18.8 Å². The predicted molar refractivity (Wildman–Crippen MR) is 118 cm³/mol. The number of carbonyl (C=O) groups excluding carboxylic acids is 2. The van der Waals surface area contributed by atoms with E-state index in [0.717, 1.165) is 17.6 Å². The summed E-state index contributed by atoms with van der Waals surface area (Å²) in [5.74, 6) is -2.09. The number of hydrogen-bond donors (Lipinski definition) is 4. The number of fused-ring (bicyclic) bond motifs is 1. The molecule has 0 unspecified atom stereocenters. The second-order valence-electron chi connectivity index (χ2n) is 6.59. The minimum absolute atomic E-state index is 0.0538. The topological polar surface area (TPSA) is 107 Å². The molecule has 2 heterocycles. The molecule has 2 aromatic heterocycles. The Morgan fingerprint density at radius 1 is 0.903 bits per heavy atom. The van der Waals surface area contributed by atoms with Crippen LogP contribution in [0.2, 0.25) is 10.0 Å². The molecule has 156 valence electrons. The van der Waals surface area contributed by atoms with Crippen molar-refractivity contribution in [1.82, 2.24) is 9.97 Å². The van der Waals surface area contributed by atoms with E-state index in [1.807, 2.05) is 0 Å². The van der Waals surface area contributed by atoms with E-state index < -0.39 is 23.2 Å². The smallest absolute Gasteiger partial charge is 0.283 e. The van der Waals surface area contributed by atoms with Crippen LogP contribution in [0.25, 0.3) is 10.9 Å².